The zero-order valence-corrected chi connectivity index (χ0v) is 29.3. The molecule has 6 rings (SSSR count). The molecule has 0 amide bonds. The van der Waals surface area contributed by atoms with E-state index in [1.807, 2.05) is 12.1 Å². The number of pyridine rings is 1. The summed E-state index contributed by atoms with van der Waals surface area (Å²) in [6.45, 7) is 10.6. The van der Waals surface area contributed by atoms with Crippen molar-refractivity contribution in [1.29, 1.82) is 0 Å². The summed E-state index contributed by atoms with van der Waals surface area (Å²) in [5.41, 5.74) is 7.46. The average molecular weight is 646 g/mol. The number of isothiocyanates is 1. The highest BCUT2D eigenvalue weighted by Gasteiger charge is 2.42. The van der Waals surface area contributed by atoms with Crippen LogP contribution in [0.4, 0.5) is 11.5 Å². The first-order valence-corrected chi connectivity index (χ1v) is 16.7. The Balaban J connectivity index is 1.45. The molecule has 1 unspecified atom stereocenters. The van der Waals surface area contributed by atoms with Gasteiger partial charge in [0.05, 0.1) is 53.9 Å². The fraction of sp³-hybridized carbons (Fsp3) is 0.289. The molecule has 1 atom stereocenters. The quantitative estimate of drug-likeness (QED) is 0.105. The van der Waals surface area contributed by atoms with Gasteiger partial charge in [-0.1, -0.05) is 37.8 Å². The lowest BCUT2D eigenvalue weighted by molar-refractivity contribution is -0.857. The van der Waals surface area contributed by atoms with E-state index in [-0.39, 0.29) is 10.8 Å². The molecule has 5 heterocycles. The number of rotatable bonds is 6. The van der Waals surface area contributed by atoms with Gasteiger partial charge in [0, 0.05) is 52.2 Å². The Kier molecular flexibility index (Phi) is 8.36. The van der Waals surface area contributed by atoms with Crippen molar-refractivity contribution in [3.8, 4) is 0 Å². The van der Waals surface area contributed by atoms with Crippen LogP contribution in [0.25, 0.3) is 0 Å². The Labute approximate surface area is 283 Å². The molecule has 0 bridgehead atoms. The van der Waals surface area contributed by atoms with Crippen molar-refractivity contribution in [3.05, 3.63) is 125 Å². The van der Waals surface area contributed by atoms with Crippen molar-refractivity contribution in [2.24, 2.45) is 27.4 Å². The van der Waals surface area contributed by atoms with Crippen molar-refractivity contribution in [2.45, 2.75) is 38.0 Å². The van der Waals surface area contributed by atoms with Crippen LogP contribution in [-0.2, 0) is 12.5 Å². The van der Waals surface area contributed by atoms with Crippen LogP contribution in [0, 0.1) is 12.5 Å². The highest BCUT2D eigenvalue weighted by Crippen LogP contribution is 2.45. The molecular weight excluding hydrogens is 605 g/mol. The number of aliphatic imine (C=N–C) groups is 3. The molecular formula is C38H41N6S2+. The predicted octanol–water partition coefficient (Wildman–Crippen LogP) is 8.10. The number of thioether (sulfide) groups is 1. The minimum atomic E-state index is -0.197. The van der Waals surface area contributed by atoms with E-state index in [0.717, 1.165) is 46.7 Å². The summed E-state index contributed by atoms with van der Waals surface area (Å²) in [5, 5.41) is 2.46. The lowest BCUT2D eigenvalue weighted by Crippen LogP contribution is -2.43. The summed E-state index contributed by atoms with van der Waals surface area (Å²) in [4.78, 5) is 18.8. The molecule has 0 N–H and O–H groups in total. The number of likely N-dealkylation sites (N-methyl/N-ethyl adjacent to an activating group) is 2. The summed E-state index contributed by atoms with van der Waals surface area (Å²) in [5.74, 6) is 2.03. The molecule has 8 heteroatoms. The van der Waals surface area contributed by atoms with Crippen LogP contribution >= 0.6 is 24.0 Å². The Bertz CT molecular complexity index is 1910. The number of aromatic nitrogens is 1. The second-order valence-electron chi connectivity index (χ2n) is 13.7. The van der Waals surface area contributed by atoms with E-state index in [9.17, 15) is 0 Å². The molecule has 234 valence electrons. The molecule has 0 saturated carbocycles. The van der Waals surface area contributed by atoms with Gasteiger partial charge in [0.15, 0.2) is 5.71 Å². The summed E-state index contributed by atoms with van der Waals surface area (Å²) in [7, 11) is 10.9. The molecule has 6 nitrogen and oxygen atoms in total. The van der Waals surface area contributed by atoms with Gasteiger partial charge in [-0.05, 0) is 91.8 Å². The summed E-state index contributed by atoms with van der Waals surface area (Å²) in [6, 6.07) is 12.4. The van der Waals surface area contributed by atoms with Crippen LogP contribution in [0.1, 0.15) is 33.3 Å². The van der Waals surface area contributed by atoms with Crippen molar-refractivity contribution in [1.82, 2.24) is 4.90 Å². The van der Waals surface area contributed by atoms with Crippen LogP contribution < -0.4 is 4.57 Å². The van der Waals surface area contributed by atoms with Crippen LogP contribution in [0.5, 0.6) is 0 Å². The van der Waals surface area contributed by atoms with Crippen LogP contribution in [0.15, 0.2) is 132 Å². The molecule has 0 saturated heterocycles. The molecule has 46 heavy (non-hydrogen) atoms. The van der Waals surface area contributed by atoms with E-state index < -0.39 is 0 Å². The normalized spacial score (nSPS) is 24.6. The van der Waals surface area contributed by atoms with E-state index >= 15 is 0 Å². The highest BCUT2D eigenvalue weighted by molar-refractivity contribution is 8.03. The molecule has 1 aromatic heterocycles. The van der Waals surface area contributed by atoms with E-state index in [0.29, 0.717) is 4.48 Å². The Morgan fingerprint density at radius 2 is 1.83 bits per heavy atom. The van der Waals surface area contributed by atoms with Gasteiger partial charge < -0.3 is 9.38 Å². The Morgan fingerprint density at radius 3 is 2.52 bits per heavy atom. The number of thiocarbonyl (C=S) groups is 1. The van der Waals surface area contributed by atoms with Crippen LogP contribution in [0.2, 0.25) is 0 Å². The minimum Gasteiger partial charge on any atom is -0.452 e. The predicted molar refractivity (Wildman–Crippen MR) is 195 cm³/mol. The number of nitrogens with zero attached hydrogens (tertiary/aromatic N) is 6. The topological polar surface area (TPSA) is 44.2 Å². The fourth-order valence-electron chi connectivity index (χ4n) is 6.47. The van der Waals surface area contributed by atoms with E-state index in [1.165, 1.54) is 27.2 Å². The van der Waals surface area contributed by atoms with Gasteiger partial charge in [0.1, 0.15) is 5.84 Å². The van der Waals surface area contributed by atoms with Gasteiger partial charge in [-0.15, -0.1) is 7.05 Å². The molecule has 1 aromatic carbocycles. The van der Waals surface area contributed by atoms with Crippen molar-refractivity contribution < 1.29 is 9.05 Å². The third-order valence-electron chi connectivity index (χ3n) is 9.18. The summed E-state index contributed by atoms with van der Waals surface area (Å²) >= 11 is 6.59. The minimum absolute atomic E-state index is 0.197. The molecule has 0 spiro atoms. The Morgan fingerprint density at radius 1 is 1.07 bits per heavy atom. The van der Waals surface area contributed by atoms with Gasteiger partial charge in [0.25, 0.3) is 0 Å². The first-order valence-electron chi connectivity index (χ1n) is 15.5. The highest BCUT2D eigenvalue weighted by atomic mass is 32.2. The van der Waals surface area contributed by atoms with Gasteiger partial charge >= 0.3 is 5.82 Å². The monoisotopic (exact) mass is 645 g/mol. The van der Waals surface area contributed by atoms with Crippen molar-refractivity contribution in [2.75, 3.05) is 27.2 Å². The lowest BCUT2D eigenvalue weighted by Gasteiger charge is -2.43. The molecule has 0 radical (unpaired) electrons. The number of fused-ring (bicyclic) bond motifs is 2. The molecule has 0 aliphatic carbocycles. The maximum absolute atomic E-state index is 5.09. The molecule has 0 fully saturated rings. The number of aryl methyl sites for hydroxylation is 1. The number of amidine groups is 1. The lowest BCUT2D eigenvalue weighted by atomic mass is 9.81. The maximum atomic E-state index is 5.09. The second kappa shape index (κ2) is 12.0. The molecule has 2 aromatic rings. The third kappa shape index (κ3) is 5.98. The number of hydrogen-bond donors (Lipinski definition) is 0. The fourth-order valence-corrected chi connectivity index (χ4v) is 7.61. The SMILES string of the molecule is [CH2-][N+]1(C)CC(/C=C/C2=Nc3c(ccc[n+]3C)C2(C)C)=C(Sc2ccc(N=C=S)cc2)C(=C/C=C2\N=C3C(=CC=CN3C)C2(C)C)/C1. The van der Waals surface area contributed by atoms with Crippen molar-refractivity contribution >= 4 is 52.2 Å². The van der Waals surface area contributed by atoms with E-state index in [2.05, 4.69) is 149 Å². The van der Waals surface area contributed by atoms with E-state index in [1.54, 1.807) is 11.8 Å². The van der Waals surface area contributed by atoms with Crippen molar-refractivity contribution in [3.63, 3.8) is 0 Å². The average Bonchev–Trinajstić information content (AvgIpc) is 3.42. The first kappa shape index (κ1) is 32.0. The van der Waals surface area contributed by atoms with Crippen LogP contribution in [-0.4, -0.2) is 53.3 Å². The first-order chi connectivity index (χ1) is 21.8. The second-order valence-corrected chi connectivity index (χ2v) is 15.0. The number of hydrogen-bond acceptors (Lipinski definition) is 6. The number of quaternary nitrogens is 1. The van der Waals surface area contributed by atoms with Gasteiger partial charge in [-0.2, -0.15) is 4.99 Å². The van der Waals surface area contributed by atoms with Gasteiger partial charge in [-0.25, -0.2) is 9.56 Å². The molecule has 4 aliphatic heterocycles. The van der Waals surface area contributed by atoms with Crippen LogP contribution in [0.3, 0.4) is 0 Å². The standard InChI is InChI=1S/C38H41N6S2/c1-37(2)30-11-9-21-42(5)35(30)40-32(37)19-13-26-23-44(7,8)24-27(34(26)46-29-17-15-28(16-18-29)39-25-45)14-20-33-38(3,4)31-12-10-22-43(6)36(31)41-33/h9-22H,7,23-24H2,1-6,8H3/q+1. The third-order valence-corrected chi connectivity index (χ3v) is 10.5. The maximum Gasteiger partial charge on any atom is 0.327 e. The zero-order chi connectivity index (χ0) is 32.9. The summed E-state index contributed by atoms with van der Waals surface area (Å²) in [6.07, 6.45) is 17.3. The Hall–Kier alpha value is -3.94. The zero-order valence-electron chi connectivity index (χ0n) is 27.7. The van der Waals surface area contributed by atoms with E-state index in [4.69, 9.17) is 22.2 Å². The number of allylic oxidation sites excluding steroid dienone is 6. The largest absolute Gasteiger partial charge is 0.452 e. The molecule has 4 aliphatic rings. The smallest absolute Gasteiger partial charge is 0.327 e. The van der Waals surface area contributed by atoms with Gasteiger partial charge in [0.2, 0.25) is 0 Å². The van der Waals surface area contributed by atoms with Gasteiger partial charge in [-0.3, -0.25) is 0 Å². The number of benzene rings is 1. The summed E-state index contributed by atoms with van der Waals surface area (Å²) < 4.78 is 2.70.